The summed E-state index contributed by atoms with van der Waals surface area (Å²) < 4.78 is 69.5. The largest absolute Gasteiger partial charge is 0.377 e. The van der Waals surface area contributed by atoms with Crippen LogP contribution in [0.15, 0.2) is 48.5 Å². The van der Waals surface area contributed by atoms with E-state index in [4.69, 9.17) is 11.6 Å². The summed E-state index contributed by atoms with van der Waals surface area (Å²) >= 11 is 6.20. The van der Waals surface area contributed by atoms with Gasteiger partial charge >= 0.3 is 6.03 Å². The van der Waals surface area contributed by atoms with Crippen molar-refractivity contribution in [1.82, 2.24) is 5.32 Å². The SMILES string of the molecule is O=C1N[C@H](c2cc(F)ccc2Cl)c2c(NC(=O)N3C[C@](O)(C(F)F)c4cc(F)ccc43)cc(F)cc21. The fourth-order valence-corrected chi connectivity index (χ4v) is 4.75. The molecule has 0 fully saturated rings. The van der Waals surface area contributed by atoms with E-state index in [1.54, 1.807) is 0 Å². The minimum absolute atomic E-state index is 0.0740. The lowest BCUT2D eigenvalue weighted by Gasteiger charge is -2.24. The molecule has 36 heavy (non-hydrogen) atoms. The fourth-order valence-electron chi connectivity index (χ4n) is 4.52. The minimum Gasteiger partial charge on any atom is -0.377 e. The first kappa shape index (κ1) is 24.0. The first-order valence-electron chi connectivity index (χ1n) is 10.5. The summed E-state index contributed by atoms with van der Waals surface area (Å²) in [6.07, 6.45) is -3.35. The van der Waals surface area contributed by atoms with Gasteiger partial charge in [-0.2, -0.15) is 0 Å². The molecule has 0 spiro atoms. The van der Waals surface area contributed by atoms with Crippen molar-refractivity contribution in [2.24, 2.45) is 0 Å². The maximum atomic E-state index is 14.4. The van der Waals surface area contributed by atoms with Crippen molar-refractivity contribution in [1.29, 1.82) is 0 Å². The van der Waals surface area contributed by atoms with Gasteiger partial charge in [0.1, 0.15) is 17.5 Å². The van der Waals surface area contributed by atoms with Gasteiger partial charge < -0.3 is 15.7 Å². The normalized spacial score (nSPS) is 20.4. The highest BCUT2D eigenvalue weighted by Crippen LogP contribution is 2.44. The van der Waals surface area contributed by atoms with Gasteiger partial charge in [0, 0.05) is 27.3 Å². The first-order valence-corrected chi connectivity index (χ1v) is 10.9. The molecule has 2 heterocycles. The molecule has 5 rings (SSSR count). The van der Waals surface area contributed by atoms with Crippen molar-refractivity contribution in [3.63, 3.8) is 0 Å². The highest BCUT2D eigenvalue weighted by molar-refractivity contribution is 6.31. The Kier molecular flexibility index (Phi) is 5.64. The summed E-state index contributed by atoms with van der Waals surface area (Å²) in [5.74, 6) is -3.15. The summed E-state index contributed by atoms with van der Waals surface area (Å²) in [7, 11) is 0. The Morgan fingerprint density at radius 3 is 2.50 bits per heavy atom. The van der Waals surface area contributed by atoms with Crippen LogP contribution in [0.3, 0.4) is 0 Å². The number of nitrogens with one attached hydrogen (secondary N) is 2. The molecule has 0 bridgehead atoms. The molecule has 3 N–H and O–H groups in total. The third kappa shape index (κ3) is 3.75. The molecule has 6 nitrogen and oxygen atoms in total. The van der Waals surface area contributed by atoms with Gasteiger partial charge in [-0.25, -0.2) is 26.7 Å². The molecule has 186 valence electrons. The zero-order valence-electron chi connectivity index (χ0n) is 18.0. The molecule has 0 saturated heterocycles. The number of aliphatic hydroxyl groups is 1. The van der Waals surface area contributed by atoms with Crippen molar-refractivity contribution in [3.05, 3.63) is 93.3 Å². The number of urea groups is 1. The smallest absolute Gasteiger partial charge is 0.326 e. The average molecular weight is 524 g/mol. The predicted octanol–water partition coefficient (Wildman–Crippen LogP) is 5.09. The van der Waals surface area contributed by atoms with E-state index in [0.29, 0.717) is 6.07 Å². The number of halogens is 6. The molecule has 0 aliphatic carbocycles. The number of hydrogen-bond acceptors (Lipinski definition) is 3. The van der Waals surface area contributed by atoms with Crippen LogP contribution in [-0.4, -0.2) is 30.0 Å². The number of amides is 3. The second kappa shape index (κ2) is 8.45. The minimum atomic E-state index is -3.35. The lowest BCUT2D eigenvalue weighted by Crippen LogP contribution is -2.43. The Bertz CT molecular complexity index is 1440. The van der Waals surface area contributed by atoms with E-state index < -0.39 is 59.6 Å². The molecule has 3 amide bonds. The van der Waals surface area contributed by atoms with Gasteiger partial charge in [-0.1, -0.05) is 11.6 Å². The van der Waals surface area contributed by atoms with Gasteiger partial charge in [0.2, 0.25) is 0 Å². The van der Waals surface area contributed by atoms with E-state index >= 15 is 0 Å². The van der Waals surface area contributed by atoms with Crippen LogP contribution in [0.5, 0.6) is 0 Å². The Morgan fingerprint density at radius 1 is 1.08 bits per heavy atom. The van der Waals surface area contributed by atoms with Gasteiger partial charge in [0.15, 0.2) is 5.60 Å². The zero-order chi connectivity index (χ0) is 25.9. The molecule has 0 unspecified atom stereocenters. The fraction of sp³-hybridized carbons (Fsp3) is 0.167. The van der Waals surface area contributed by atoms with E-state index in [0.717, 1.165) is 41.3 Å². The standard InChI is InChI=1S/C24H15ClF5N3O3/c25-16-3-1-10(26)5-13(16)20-19-14(21(34)32-20)6-12(28)8-17(19)31-23(35)33-9-24(36,22(29)30)15-7-11(27)2-4-18(15)33/h1-8,20,22,36H,9H2,(H,31,35)(H,32,34)/t20-,24-/m1/s1. The molecule has 3 aromatic carbocycles. The van der Waals surface area contributed by atoms with Gasteiger partial charge in [0.25, 0.3) is 12.3 Å². The molecule has 2 atom stereocenters. The topological polar surface area (TPSA) is 81.7 Å². The van der Waals surface area contributed by atoms with Crippen molar-refractivity contribution in [3.8, 4) is 0 Å². The first-order chi connectivity index (χ1) is 17.0. The quantitative estimate of drug-likeness (QED) is 0.418. The molecular formula is C24H15ClF5N3O3. The molecular weight excluding hydrogens is 509 g/mol. The van der Waals surface area contributed by atoms with Gasteiger partial charge in [0.05, 0.1) is 24.0 Å². The maximum absolute atomic E-state index is 14.4. The van der Waals surface area contributed by atoms with Crippen LogP contribution in [0.25, 0.3) is 0 Å². The zero-order valence-corrected chi connectivity index (χ0v) is 18.7. The van der Waals surface area contributed by atoms with Gasteiger partial charge in [-0.05, 0) is 48.5 Å². The number of benzene rings is 3. The molecule has 0 aromatic heterocycles. The number of anilines is 2. The highest BCUT2D eigenvalue weighted by atomic mass is 35.5. The predicted molar refractivity (Wildman–Crippen MR) is 120 cm³/mol. The maximum Gasteiger partial charge on any atom is 0.326 e. The number of hydrogen-bond donors (Lipinski definition) is 3. The molecule has 3 aromatic rings. The average Bonchev–Trinajstić information content (AvgIpc) is 3.30. The van der Waals surface area contributed by atoms with E-state index in [1.807, 2.05) is 0 Å². The van der Waals surface area contributed by atoms with Crippen LogP contribution in [0.1, 0.15) is 33.1 Å². The number of carbonyl (C=O) groups is 2. The second-order valence-corrected chi connectivity index (χ2v) is 8.80. The van der Waals surface area contributed by atoms with Crippen molar-refractivity contribution in [2.75, 3.05) is 16.8 Å². The van der Waals surface area contributed by atoms with E-state index in [2.05, 4.69) is 10.6 Å². The van der Waals surface area contributed by atoms with E-state index in [1.165, 1.54) is 6.07 Å². The Hall–Kier alpha value is -3.70. The summed E-state index contributed by atoms with van der Waals surface area (Å²) in [6, 6.07) is 5.85. The molecule has 2 aliphatic heterocycles. The summed E-state index contributed by atoms with van der Waals surface area (Å²) in [6.45, 7) is -0.914. The lowest BCUT2D eigenvalue weighted by molar-refractivity contribution is -0.0892. The Morgan fingerprint density at radius 2 is 1.78 bits per heavy atom. The van der Waals surface area contributed by atoms with E-state index in [-0.39, 0.29) is 33.1 Å². The Labute approximate surface area is 205 Å². The van der Waals surface area contributed by atoms with Crippen LogP contribution in [0.4, 0.5) is 38.1 Å². The highest BCUT2D eigenvalue weighted by Gasteiger charge is 2.50. The number of rotatable bonds is 3. The Balaban J connectivity index is 1.56. The summed E-state index contributed by atoms with van der Waals surface area (Å²) in [4.78, 5) is 26.5. The van der Waals surface area contributed by atoms with Crippen molar-refractivity contribution in [2.45, 2.75) is 18.1 Å². The van der Waals surface area contributed by atoms with Crippen LogP contribution in [0.2, 0.25) is 5.02 Å². The number of carbonyl (C=O) groups excluding carboxylic acids is 2. The van der Waals surface area contributed by atoms with Crippen molar-refractivity contribution >= 4 is 34.9 Å². The van der Waals surface area contributed by atoms with E-state index in [9.17, 15) is 36.6 Å². The number of β-amino-alcohol motifs (C(OH)–C–C–N with tert-alkyl or cyclic N) is 1. The monoisotopic (exact) mass is 523 g/mol. The molecule has 2 aliphatic rings. The van der Waals surface area contributed by atoms with Crippen molar-refractivity contribution < 1.29 is 36.6 Å². The van der Waals surface area contributed by atoms with Crippen LogP contribution in [0, 0.1) is 17.5 Å². The lowest BCUT2D eigenvalue weighted by atomic mass is 9.96. The third-order valence-electron chi connectivity index (χ3n) is 6.19. The van der Waals surface area contributed by atoms with Crippen LogP contribution < -0.4 is 15.5 Å². The summed E-state index contributed by atoms with van der Waals surface area (Å²) in [5, 5.41) is 15.5. The second-order valence-electron chi connectivity index (χ2n) is 8.39. The number of fused-ring (bicyclic) bond motifs is 2. The number of nitrogens with zero attached hydrogens (tertiary/aromatic N) is 1. The molecule has 0 saturated carbocycles. The third-order valence-corrected chi connectivity index (χ3v) is 6.53. The van der Waals surface area contributed by atoms with Gasteiger partial charge in [-0.15, -0.1) is 0 Å². The van der Waals surface area contributed by atoms with Crippen LogP contribution in [-0.2, 0) is 5.60 Å². The molecule has 0 radical (unpaired) electrons. The summed E-state index contributed by atoms with van der Waals surface area (Å²) in [5.41, 5.74) is -3.65. The molecule has 12 heteroatoms. The number of alkyl halides is 2. The van der Waals surface area contributed by atoms with Crippen LogP contribution >= 0.6 is 11.6 Å². The van der Waals surface area contributed by atoms with Gasteiger partial charge in [-0.3, -0.25) is 9.69 Å².